The van der Waals surface area contributed by atoms with Gasteiger partial charge in [-0.1, -0.05) is 18.2 Å². The van der Waals surface area contributed by atoms with Gasteiger partial charge in [-0.25, -0.2) is 0 Å². The van der Waals surface area contributed by atoms with Gasteiger partial charge in [0.1, 0.15) is 0 Å². The highest BCUT2D eigenvalue weighted by Crippen LogP contribution is 2.11. The number of hydrogen-bond acceptors (Lipinski definition) is 6. The molecule has 0 amide bonds. The summed E-state index contributed by atoms with van der Waals surface area (Å²) in [6.45, 7) is 1.39. The number of aromatic nitrogens is 3. The molecule has 0 saturated heterocycles. The molecule has 0 aliphatic heterocycles. The lowest BCUT2D eigenvalue weighted by Gasteiger charge is -2.17. The van der Waals surface area contributed by atoms with E-state index in [9.17, 15) is 0 Å². The summed E-state index contributed by atoms with van der Waals surface area (Å²) < 4.78 is 5.02. The largest absolute Gasteiger partial charge is 0.277 e. The van der Waals surface area contributed by atoms with Gasteiger partial charge in [-0.05, 0) is 34.3 Å². The molecule has 4 aromatic heterocycles. The molecule has 0 fully saturated rings. The van der Waals surface area contributed by atoms with E-state index >= 15 is 0 Å². The molecule has 4 heterocycles. The Kier molecular flexibility index (Phi) is 5.06. The van der Waals surface area contributed by atoms with Gasteiger partial charge in [0.05, 0.1) is 19.6 Å². The van der Waals surface area contributed by atoms with Crippen LogP contribution < -0.4 is 16.9 Å². The van der Waals surface area contributed by atoms with E-state index in [4.69, 9.17) is 16.2 Å². The fraction of sp³-hybridized carbons (Fsp3) is 0.167. The lowest BCUT2D eigenvalue weighted by atomic mass is 10.4. The van der Waals surface area contributed by atoms with Crippen molar-refractivity contribution in [1.82, 2.24) is 13.7 Å². The highest BCUT2D eigenvalue weighted by molar-refractivity contribution is 7.10. The Morgan fingerprint density at radius 3 is 1.07 bits per heavy atom. The van der Waals surface area contributed by atoms with Gasteiger partial charge in [0.15, 0.2) is 0 Å². The normalized spacial score (nSPS) is 11.1. The third-order valence-electron chi connectivity index (χ3n) is 4.22. The van der Waals surface area contributed by atoms with Crippen LogP contribution in [0.1, 0.15) is 14.6 Å². The third kappa shape index (κ3) is 3.66. The van der Waals surface area contributed by atoms with Crippen LogP contribution in [0.15, 0.2) is 52.5 Å². The number of rotatable bonds is 6. The van der Waals surface area contributed by atoms with Gasteiger partial charge in [-0.2, -0.15) is 0 Å². The van der Waals surface area contributed by atoms with Crippen LogP contribution in [0.25, 0.3) is 0 Å². The zero-order valence-corrected chi connectivity index (χ0v) is 16.8. The molecule has 0 unspecified atom stereocenters. The predicted octanol–water partition coefficient (Wildman–Crippen LogP) is 2.86. The monoisotopic (exact) mass is 414 g/mol. The van der Waals surface area contributed by atoms with Crippen molar-refractivity contribution in [2.24, 2.45) is 0 Å². The van der Waals surface area contributed by atoms with Gasteiger partial charge in [0, 0.05) is 14.6 Å². The SMILES string of the molecule is N=c1n(Cc2cccs2)c(=N)n(Cc2cccs2)c(=N)n1Cc1cccs1. The Morgan fingerprint density at radius 1 is 0.556 bits per heavy atom. The smallest absolute Gasteiger partial charge is 0.208 e. The maximum atomic E-state index is 8.66. The fourth-order valence-corrected chi connectivity index (χ4v) is 4.94. The molecule has 138 valence electrons. The Labute approximate surface area is 167 Å². The first-order valence-corrected chi connectivity index (χ1v) is 10.9. The van der Waals surface area contributed by atoms with Crippen molar-refractivity contribution in [3.63, 3.8) is 0 Å². The van der Waals surface area contributed by atoms with E-state index < -0.39 is 0 Å². The number of nitrogens with one attached hydrogen (secondary N) is 3. The van der Waals surface area contributed by atoms with Crippen LogP contribution in [0.5, 0.6) is 0 Å². The number of thiophene rings is 3. The van der Waals surface area contributed by atoms with Crippen LogP contribution >= 0.6 is 34.0 Å². The molecule has 0 aromatic carbocycles. The molecule has 27 heavy (non-hydrogen) atoms. The van der Waals surface area contributed by atoms with Crippen molar-refractivity contribution in [3.8, 4) is 0 Å². The molecule has 3 N–H and O–H groups in total. The second-order valence-corrected chi connectivity index (χ2v) is 9.06. The zero-order chi connectivity index (χ0) is 18.8. The molecule has 0 radical (unpaired) electrons. The molecule has 9 heteroatoms. The van der Waals surface area contributed by atoms with Crippen LogP contribution in [0.2, 0.25) is 0 Å². The summed E-state index contributed by atoms with van der Waals surface area (Å²) in [7, 11) is 0. The molecular formula is C18H18N6S3. The van der Waals surface area contributed by atoms with Gasteiger partial charge in [-0.3, -0.25) is 29.9 Å². The minimum Gasteiger partial charge on any atom is -0.277 e. The fourth-order valence-electron chi connectivity index (χ4n) is 2.86. The maximum Gasteiger partial charge on any atom is 0.208 e. The van der Waals surface area contributed by atoms with Gasteiger partial charge in [0.2, 0.25) is 16.9 Å². The van der Waals surface area contributed by atoms with E-state index in [0.717, 1.165) is 14.6 Å². The molecule has 0 aliphatic carbocycles. The topological polar surface area (TPSA) is 86.3 Å². The zero-order valence-electron chi connectivity index (χ0n) is 14.4. The molecular weight excluding hydrogens is 396 g/mol. The van der Waals surface area contributed by atoms with Crippen molar-refractivity contribution in [2.75, 3.05) is 0 Å². The van der Waals surface area contributed by atoms with E-state index in [0.29, 0.717) is 19.6 Å². The van der Waals surface area contributed by atoms with Crippen molar-refractivity contribution in [3.05, 3.63) is 84.0 Å². The molecule has 0 aliphatic rings. The molecule has 0 bridgehead atoms. The first-order chi connectivity index (χ1) is 13.1. The van der Waals surface area contributed by atoms with Crippen LogP contribution in [0, 0.1) is 16.2 Å². The second kappa shape index (κ2) is 7.63. The molecule has 0 atom stereocenters. The summed E-state index contributed by atoms with van der Waals surface area (Å²) in [5, 5.41) is 32.0. The Morgan fingerprint density at radius 2 is 0.852 bits per heavy atom. The minimum atomic E-state index is 0.175. The highest BCUT2D eigenvalue weighted by atomic mass is 32.1. The van der Waals surface area contributed by atoms with Crippen molar-refractivity contribution in [2.45, 2.75) is 19.6 Å². The van der Waals surface area contributed by atoms with Crippen LogP contribution in [-0.2, 0) is 19.6 Å². The van der Waals surface area contributed by atoms with Crippen LogP contribution in [-0.4, -0.2) is 13.7 Å². The number of nitrogens with zero attached hydrogens (tertiary/aromatic N) is 3. The summed E-state index contributed by atoms with van der Waals surface area (Å²) in [5.74, 6) is 0. The Balaban J connectivity index is 1.88. The average Bonchev–Trinajstić information content (AvgIpc) is 3.43. The van der Waals surface area contributed by atoms with E-state index in [2.05, 4.69) is 0 Å². The minimum absolute atomic E-state index is 0.175. The molecule has 4 aromatic rings. The Bertz CT molecular complexity index is 1010. The van der Waals surface area contributed by atoms with Gasteiger partial charge in [-0.15, -0.1) is 34.0 Å². The predicted molar refractivity (Wildman–Crippen MR) is 108 cm³/mol. The summed E-state index contributed by atoms with van der Waals surface area (Å²) in [4.78, 5) is 3.26. The van der Waals surface area contributed by atoms with E-state index in [1.165, 1.54) is 0 Å². The molecule has 0 saturated carbocycles. The van der Waals surface area contributed by atoms with E-state index in [-0.39, 0.29) is 16.9 Å². The van der Waals surface area contributed by atoms with Gasteiger partial charge >= 0.3 is 0 Å². The number of hydrogen-bond donors (Lipinski definition) is 3. The van der Waals surface area contributed by atoms with Crippen molar-refractivity contribution < 1.29 is 0 Å². The van der Waals surface area contributed by atoms with E-state index in [1.807, 2.05) is 52.5 Å². The average molecular weight is 415 g/mol. The lowest BCUT2D eigenvalue weighted by molar-refractivity contribution is 0.449. The van der Waals surface area contributed by atoms with Gasteiger partial charge < -0.3 is 0 Å². The van der Waals surface area contributed by atoms with Crippen molar-refractivity contribution in [1.29, 1.82) is 16.2 Å². The standard InChI is InChI=1S/C18H18N6S3/c19-16-22(10-13-4-1-7-25-13)17(20)24(12-15-6-3-9-27-15)18(21)23(16)11-14-5-2-8-26-14/h1-9,19-21H,10-12H2. The van der Waals surface area contributed by atoms with Crippen LogP contribution in [0.4, 0.5) is 0 Å². The molecule has 4 rings (SSSR count). The highest BCUT2D eigenvalue weighted by Gasteiger charge is 2.12. The lowest BCUT2D eigenvalue weighted by Crippen LogP contribution is -2.55. The Hall–Kier alpha value is -2.49. The summed E-state index contributed by atoms with van der Waals surface area (Å²) in [5.41, 5.74) is 0.526. The van der Waals surface area contributed by atoms with Crippen molar-refractivity contribution >= 4 is 34.0 Å². The summed E-state index contributed by atoms with van der Waals surface area (Å²) in [6.07, 6.45) is 0. The summed E-state index contributed by atoms with van der Waals surface area (Å²) >= 11 is 4.84. The quantitative estimate of drug-likeness (QED) is 0.433. The maximum absolute atomic E-state index is 8.66. The van der Waals surface area contributed by atoms with E-state index in [1.54, 1.807) is 47.7 Å². The third-order valence-corrected chi connectivity index (χ3v) is 6.80. The molecule has 0 spiro atoms. The van der Waals surface area contributed by atoms with Gasteiger partial charge in [0.25, 0.3) is 0 Å². The summed E-state index contributed by atoms with van der Waals surface area (Å²) in [6, 6.07) is 12.0. The first kappa shape index (κ1) is 17.9. The second-order valence-electron chi connectivity index (χ2n) is 5.97. The van der Waals surface area contributed by atoms with Crippen LogP contribution in [0.3, 0.4) is 0 Å². The first-order valence-electron chi connectivity index (χ1n) is 8.29. The molecule has 6 nitrogen and oxygen atoms in total.